The lowest BCUT2D eigenvalue weighted by molar-refractivity contribution is -0.349. The zero-order valence-corrected chi connectivity index (χ0v) is 36.7. The molecule has 0 radical (unpaired) electrons. The monoisotopic (exact) mass is 1010 g/mol. The molecular formula is C47H35F17N2O4. The summed E-state index contributed by atoms with van der Waals surface area (Å²) in [5.74, 6) is -13.4. The van der Waals surface area contributed by atoms with Crippen LogP contribution in [0.4, 0.5) is 74.6 Å². The van der Waals surface area contributed by atoms with E-state index < -0.39 is 79.5 Å². The largest absolute Gasteiger partial charge is 0.487 e. The Bertz CT molecular complexity index is 3000. The third-order valence-corrected chi connectivity index (χ3v) is 10.8. The minimum Gasteiger partial charge on any atom is -0.487 e. The molecule has 5 aromatic carbocycles. The molecule has 6 aromatic rings. The molecule has 6 nitrogen and oxygen atoms in total. The van der Waals surface area contributed by atoms with Gasteiger partial charge in [-0.15, -0.1) is 0 Å². The van der Waals surface area contributed by atoms with Crippen molar-refractivity contribution in [2.75, 3.05) is 13.5 Å². The molecule has 1 aromatic heterocycles. The number of hydrogen-bond acceptors (Lipinski definition) is 5. The minimum atomic E-state index is -7.96. The van der Waals surface area contributed by atoms with E-state index in [2.05, 4.69) is 9.89 Å². The summed E-state index contributed by atoms with van der Waals surface area (Å²) in [4.78, 5) is 31.5. The van der Waals surface area contributed by atoms with E-state index >= 15 is 4.39 Å². The maximum absolute atomic E-state index is 15.3. The Labute approximate surface area is 384 Å². The predicted molar refractivity (Wildman–Crippen MR) is 223 cm³/mol. The highest BCUT2D eigenvalue weighted by Crippen LogP contribution is 2.60. The molecule has 0 fully saturated rings. The summed E-state index contributed by atoms with van der Waals surface area (Å²) in [6, 6.07) is 21.5. The Kier molecular flexibility index (Phi) is 15.2. The summed E-state index contributed by atoms with van der Waals surface area (Å²) in [6.45, 7) is 3.12. The van der Waals surface area contributed by atoms with E-state index in [9.17, 15) is 79.8 Å². The van der Waals surface area contributed by atoms with Crippen LogP contribution < -0.4 is 0 Å². The van der Waals surface area contributed by atoms with E-state index in [1.54, 1.807) is 64.1 Å². The first-order valence-electron chi connectivity index (χ1n) is 20.0. The van der Waals surface area contributed by atoms with Crippen LogP contribution in [-0.2, 0) is 20.9 Å². The topological polar surface area (TPSA) is 69.9 Å². The maximum Gasteiger partial charge on any atom is 0.457 e. The van der Waals surface area contributed by atoms with Crippen LogP contribution in [0.1, 0.15) is 56.2 Å². The first-order valence-corrected chi connectivity index (χ1v) is 20.0. The van der Waals surface area contributed by atoms with Crippen molar-refractivity contribution in [3.63, 3.8) is 0 Å². The van der Waals surface area contributed by atoms with Crippen molar-refractivity contribution in [3.8, 4) is 0 Å². The lowest BCUT2D eigenvalue weighted by atomic mass is 9.87. The fourth-order valence-corrected chi connectivity index (χ4v) is 8.05. The van der Waals surface area contributed by atoms with Gasteiger partial charge in [0.15, 0.2) is 5.78 Å². The van der Waals surface area contributed by atoms with Crippen LogP contribution in [0.5, 0.6) is 0 Å². The number of allylic oxidation sites excluding steroid dienone is 2. The minimum absolute atomic E-state index is 0.0154. The van der Waals surface area contributed by atoms with E-state index in [-0.39, 0.29) is 49.4 Å². The molecule has 0 atom stereocenters. The number of carbonyl (C=O) groups excluding carboxylic acids is 2. The van der Waals surface area contributed by atoms with Crippen LogP contribution in [0, 0.1) is 27.7 Å². The van der Waals surface area contributed by atoms with Crippen molar-refractivity contribution >= 4 is 50.0 Å². The van der Waals surface area contributed by atoms with Crippen molar-refractivity contribution < 1.29 is 93.8 Å². The molecule has 0 spiro atoms. The van der Waals surface area contributed by atoms with Gasteiger partial charge in [0.05, 0.1) is 12.1 Å². The Morgan fingerprint density at radius 1 is 0.614 bits per heavy atom. The Hall–Kier alpha value is -6.68. The van der Waals surface area contributed by atoms with Gasteiger partial charge in [-0.2, -0.15) is 61.5 Å². The molecule has 0 N–H and O–H groups in total. The molecule has 6 rings (SSSR count). The van der Waals surface area contributed by atoms with E-state index in [0.29, 0.717) is 27.8 Å². The molecular weight excluding hydrogens is 979 g/mol. The second-order valence-corrected chi connectivity index (χ2v) is 15.6. The smallest absolute Gasteiger partial charge is 0.457 e. The highest BCUT2D eigenvalue weighted by atomic mass is 19.4. The van der Waals surface area contributed by atoms with Gasteiger partial charge in [0.1, 0.15) is 17.9 Å². The van der Waals surface area contributed by atoms with Crippen LogP contribution >= 0.6 is 0 Å². The number of oxime groups is 1. The molecule has 1 heterocycles. The zero-order chi connectivity index (χ0) is 52.7. The highest BCUT2D eigenvalue weighted by Gasteiger charge is 2.83. The molecule has 0 unspecified atom stereocenters. The Morgan fingerprint density at radius 2 is 1.16 bits per heavy atom. The summed E-state index contributed by atoms with van der Waals surface area (Å²) in [6.07, 6.45) is -30.4. The number of aryl methyl sites for hydroxylation is 4. The van der Waals surface area contributed by atoms with Crippen molar-refractivity contribution in [1.29, 1.82) is 0 Å². The summed E-state index contributed by atoms with van der Waals surface area (Å²) in [5.41, 5.74) is -9.51. The van der Waals surface area contributed by atoms with Crippen molar-refractivity contribution in [3.05, 3.63) is 141 Å². The van der Waals surface area contributed by atoms with Crippen LogP contribution in [-0.4, -0.2) is 71.9 Å². The molecule has 0 saturated heterocycles. The fraction of sp³-hybridized carbons (Fsp3) is 0.298. The fourth-order valence-electron chi connectivity index (χ4n) is 8.05. The van der Waals surface area contributed by atoms with Crippen LogP contribution in [0.25, 0.3) is 32.6 Å². The van der Waals surface area contributed by atoms with Crippen LogP contribution in [0.2, 0.25) is 0 Å². The molecule has 376 valence electrons. The lowest BCUT2D eigenvalue weighted by Gasteiger charge is -2.37. The van der Waals surface area contributed by atoms with Gasteiger partial charge in [0.25, 0.3) is 0 Å². The first-order chi connectivity index (χ1) is 32.3. The van der Waals surface area contributed by atoms with Gasteiger partial charge in [-0.1, -0.05) is 77.4 Å². The normalized spacial score (nSPS) is 13.6. The van der Waals surface area contributed by atoms with Crippen LogP contribution in [0.15, 0.2) is 101 Å². The number of rotatable bonds is 11. The number of halogens is 17. The van der Waals surface area contributed by atoms with E-state index in [4.69, 9.17) is 4.84 Å². The molecule has 0 aliphatic rings. The van der Waals surface area contributed by atoms with Crippen molar-refractivity contribution in [2.24, 2.45) is 5.16 Å². The number of benzene rings is 5. The van der Waals surface area contributed by atoms with E-state index in [1.165, 1.54) is 48.5 Å². The summed E-state index contributed by atoms with van der Waals surface area (Å²) in [5, 5.41) is 4.58. The SMILES string of the molecule is CC(=O)O/N=C(/c1ccc2c(c1)c1cc(C(=O)c3c(C)cc(C)cc3C)c3ccccc3c1n2CCO/C(=C(/C(F)(F)C(F)(F)F)C(F)(C(F)(F)F)C(F)(F)F)C(F)(F)F)c1ccccc1C.FCF. The van der Waals surface area contributed by atoms with Gasteiger partial charge in [-0.3, -0.25) is 4.79 Å². The Morgan fingerprint density at radius 3 is 1.67 bits per heavy atom. The summed E-state index contributed by atoms with van der Waals surface area (Å²) in [7, 11) is 0. The first kappa shape index (κ1) is 54.3. The van der Waals surface area contributed by atoms with Gasteiger partial charge in [-0.05, 0) is 68.0 Å². The molecule has 0 bridgehead atoms. The van der Waals surface area contributed by atoms with Crippen LogP contribution in [0.3, 0.4) is 0 Å². The Balaban J connectivity index is 0.00000296. The molecule has 0 saturated carbocycles. The van der Waals surface area contributed by atoms with Gasteiger partial charge in [-0.25, -0.2) is 18.0 Å². The zero-order valence-electron chi connectivity index (χ0n) is 36.7. The molecule has 23 heteroatoms. The number of ketones is 1. The molecule has 0 aliphatic carbocycles. The third kappa shape index (κ3) is 10.1. The highest BCUT2D eigenvalue weighted by molar-refractivity contribution is 6.27. The van der Waals surface area contributed by atoms with Gasteiger partial charge in [0.2, 0.25) is 12.7 Å². The predicted octanol–water partition coefficient (Wildman–Crippen LogP) is 14.5. The van der Waals surface area contributed by atoms with Gasteiger partial charge in [0, 0.05) is 50.9 Å². The number of alkyl halides is 17. The summed E-state index contributed by atoms with van der Waals surface area (Å²) >= 11 is 0. The third-order valence-electron chi connectivity index (χ3n) is 10.8. The number of fused-ring (bicyclic) bond motifs is 5. The quantitative estimate of drug-likeness (QED) is 0.0324. The van der Waals surface area contributed by atoms with Crippen molar-refractivity contribution in [2.45, 2.75) is 77.5 Å². The molecule has 0 amide bonds. The molecule has 70 heavy (non-hydrogen) atoms. The standard InChI is InChI=1S/C46H33F15N2O4.CH2F2/c1-22-18-24(3)35(25(4)19-22)38(65)33-21-32-31-20-27(36(62-67-26(5)64)28-11-7-6-10-23(28)2)14-15-34(31)63(37(32)30-13-9-8-12-29(30)33)16-17-66-40(43(50,51)52)39(42(48,49)46(59,60)61)41(47,44(53,54)55)45(56,57)58;2-1-3/h6-15,18-21H,16-17H2,1-5H3;1H2/b40-39+,62-36-;. The number of hydrogen-bond donors (Lipinski definition) is 0. The number of ether oxygens (including phenoxy) is 1. The average molecular weight is 1010 g/mol. The lowest BCUT2D eigenvalue weighted by Crippen LogP contribution is -2.61. The number of carbonyl (C=O) groups is 2. The summed E-state index contributed by atoms with van der Waals surface area (Å²) < 4.78 is 236. The maximum atomic E-state index is 15.3. The number of aromatic nitrogens is 1. The molecule has 0 aliphatic heterocycles. The van der Waals surface area contributed by atoms with E-state index in [0.717, 1.165) is 17.1 Å². The van der Waals surface area contributed by atoms with Gasteiger partial charge >= 0.3 is 42.3 Å². The second-order valence-electron chi connectivity index (χ2n) is 15.6. The van der Waals surface area contributed by atoms with Gasteiger partial charge < -0.3 is 14.1 Å². The van der Waals surface area contributed by atoms with Crippen molar-refractivity contribution in [1.82, 2.24) is 4.57 Å². The average Bonchev–Trinajstić information content (AvgIpc) is 3.54. The number of nitrogens with zero attached hydrogens (tertiary/aromatic N) is 2. The second kappa shape index (κ2) is 19.6. The van der Waals surface area contributed by atoms with E-state index in [1.807, 2.05) is 0 Å².